The molecule has 0 amide bonds. The van der Waals surface area contributed by atoms with Crippen molar-refractivity contribution in [3.63, 3.8) is 0 Å². The van der Waals surface area contributed by atoms with Crippen LogP contribution >= 0.6 is 0 Å². The lowest BCUT2D eigenvalue weighted by Crippen LogP contribution is -2.40. The van der Waals surface area contributed by atoms with Crippen LogP contribution in [-0.4, -0.2) is 17.0 Å². The van der Waals surface area contributed by atoms with E-state index in [4.69, 9.17) is 19.6 Å². The van der Waals surface area contributed by atoms with Gasteiger partial charge in [0.1, 0.15) is 0 Å². The molecule has 0 saturated heterocycles. The van der Waals surface area contributed by atoms with Gasteiger partial charge in [-0.1, -0.05) is 12.8 Å². The summed E-state index contributed by atoms with van der Waals surface area (Å²) >= 11 is 0. The minimum absolute atomic E-state index is 0.357. The highest BCUT2D eigenvalue weighted by atomic mass is 17.3. The summed E-state index contributed by atoms with van der Waals surface area (Å²) in [5, 5.41) is 0. The van der Waals surface area contributed by atoms with E-state index < -0.39 is 5.79 Å². The highest BCUT2D eigenvalue weighted by molar-refractivity contribution is 4.72. The number of rotatable bonds is 4. The Balaban J connectivity index is 2.65. The van der Waals surface area contributed by atoms with Crippen LogP contribution in [-0.2, 0) is 19.6 Å². The lowest BCUT2D eigenvalue weighted by molar-refractivity contribution is -0.543. The zero-order chi connectivity index (χ0) is 14.6. The fourth-order valence-electron chi connectivity index (χ4n) is 1.85. The molecule has 1 fully saturated rings. The minimum Gasteiger partial charge on any atom is -0.228 e. The van der Waals surface area contributed by atoms with Crippen LogP contribution in [0.1, 0.15) is 80.1 Å². The third kappa shape index (κ3) is 7.25. The monoisotopic (exact) mass is 274 g/mol. The van der Waals surface area contributed by atoms with Gasteiger partial charge >= 0.3 is 0 Å². The first kappa shape index (κ1) is 16.9. The van der Waals surface area contributed by atoms with E-state index in [1.165, 1.54) is 12.8 Å². The van der Waals surface area contributed by atoms with Gasteiger partial charge in [0.05, 0.1) is 11.2 Å². The van der Waals surface area contributed by atoms with Crippen LogP contribution in [0, 0.1) is 0 Å². The SMILES string of the molecule is CC(C)(C)OOC1(OOC(C)(C)C)CCCCCC1. The molecule has 0 heterocycles. The van der Waals surface area contributed by atoms with Crippen molar-refractivity contribution in [3.05, 3.63) is 0 Å². The molecule has 0 N–H and O–H groups in total. The van der Waals surface area contributed by atoms with E-state index in [0.29, 0.717) is 0 Å². The van der Waals surface area contributed by atoms with Gasteiger partial charge in [-0.2, -0.15) is 9.78 Å². The molecule has 0 radical (unpaired) electrons. The van der Waals surface area contributed by atoms with Crippen LogP contribution in [0.2, 0.25) is 0 Å². The summed E-state index contributed by atoms with van der Waals surface area (Å²) in [5.74, 6) is -0.767. The van der Waals surface area contributed by atoms with Gasteiger partial charge < -0.3 is 0 Å². The molecule has 4 nitrogen and oxygen atoms in total. The van der Waals surface area contributed by atoms with Crippen molar-refractivity contribution >= 4 is 0 Å². The standard InChI is InChI=1S/C15H30O4/c1-13(2,3)16-18-15(19-17-14(4,5)6)11-9-7-8-10-12-15/h7-12H2,1-6H3. The van der Waals surface area contributed by atoms with Crippen molar-refractivity contribution in [2.45, 2.75) is 97.1 Å². The average Bonchev–Trinajstić information content (AvgIpc) is 2.48. The third-order valence-corrected chi connectivity index (χ3v) is 2.75. The van der Waals surface area contributed by atoms with Crippen LogP contribution in [0.4, 0.5) is 0 Å². The van der Waals surface area contributed by atoms with Crippen LogP contribution in [0.25, 0.3) is 0 Å². The van der Waals surface area contributed by atoms with E-state index in [0.717, 1.165) is 25.7 Å². The normalized spacial score (nSPS) is 21.2. The molecule has 1 aliphatic carbocycles. The molecule has 1 aliphatic rings. The molecule has 1 rings (SSSR count). The number of hydrogen-bond acceptors (Lipinski definition) is 4. The van der Waals surface area contributed by atoms with E-state index in [-0.39, 0.29) is 11.2 Å². The Labute approximate surface area is 117 Å². The van der Waals surface area contributed by atoms with Crippen LogP contribution in [0.3, 0.4) is 0 Å². The van der Waals surface area contributed by atoms with Crippen molar-refractivity contribution < 1.29 is 19.6 Å². The van der Waals surface area contributed by atoms with Crippen molar-refractivity contribution in [2.75, 3.05) is 0 Å². The second-order valence-corrected chi connectivity index (χ2v) is 7.38. The summed E-state index contributed by atoms with van der Waals surface area (Å²) in [6.07, 6.45) is 6.17. The molecule has 0 bridgehead atoms. The molecule has 0 aliphatic heterocycles. The second-order valence-electron chi connectivity index (χ2n) is 7.38. The van der Waals surface area contributed by atoms with Crippen LogP contribution in [0.15, 0.2) is 0 Å². The lowest BCUT2D eigenvalue weighted by Gasteiger charge is -2.34. The molecule has 0 unspecified atom stereocenters. The number of hydrogen-bond donors (Lipinski definition) is 0. The van der Waals surface area contributed by atoms with Gasteiger partial charge in [0, 0.05) is 12.8 Å². The van der Waals surface area contributed by atoms with Crippen molar-refractivity contribution in [3.8, 4) is 0 Å². The zero-order valence-corrected chi connectivity index (χ0v) is 13.4. The molecule has 114 valence electrons. The molecule has 0 aromatic heterocycles. The van der Waals surface area contributed by atoms with Gasteiger partial charge in [0.2, 0.25) is 5.79 Å². The smallest absolute Gasteiger partial charge is 0.228 e. The fourth-order valence-corrected chi connectivity index (χ4v) is 1.85. The predicted molar refractivity (Wildman–Crippen MR) is 74.3 cm³/mol. The summed E-state index contributed by atoms with van der Waals surface area (Å²) in [6.45, 7) is 11.8. The summed E-state index contributed by atoms with van der Waals surface area (Å²) < 4.78 is 0. The molecule has 19 heavy (non-hydrogen) atoms. The summed E-state index contributed by atoms with van der Waals surface area (Å²) in [6, 6.07) is 0. The molecule has 4 heteroatoms. The Kier molecular flexibility index (Phi) is 5.80. The molecule has 0 aromatic carbocycles. The zero-order valence-electron chi connectivity index (χ0n) is 13.4. The van der Waals surface area contributed by atoms with Gasteiger partial charge in [0.15, 0.2) is 0 Å². The summed E-state index contributed by atoms with van der Waals surface area (Å²) in [5.41, 5.74) is -0.713. The van der Waals surface area contributed by atoms with Crippen molar-refractivity contribution in [1.29, 1.82) is 0 Å². The van der Waals surface area contributed by atoms with E-state index in [1.807, 2.05) is 41.5 Å². The maximum absolute atomic E-state index is 5.66. The average molecular weight is 274 g/mol. The third-order valence-electron chi connectivity index (χ3n) is 2.75. The van der Waals surface area contributed by atoms with Gasteiger partial charge in [-0.15, -0.1) is 0 Å². The first-order valence-corrected chi connectivity index (χ1v) is 7.36. The Morgan fingerprint density at radius 3 is 1.32 bits per heavy atom. The van der Waals surface area contributed by atoms with Crippen molar-refractivity contribution in [2.24, 2.45) is 0 Å². The Morgan fingerprint density at radius 1 is 0.632 bits per heavy atom. The minimum atomic E-state index is -0.767. The topological polar surface area (TPSA) is 36.9 Å². The summed E-state index contributed by atoms with van der Waals surface area (Å²) in [4.78, 5) is 22.3. The molecular formula is C15H30O4. The van der Waals surface area contributed by atoms with Gasteiger partial charge in [0.25, 0.3) is 0 Å². The maximum Gasteiger partial charge on any atom is 0.234 e. The highest BCUT2D eigenvalue weighted by Crippen LogP contribution is 2.34. The van der Waals surface area contributed by atoms with E-state index in [2.05, 4.69) is 0 Å². The predicted octanol–water partition coefficient (Wildman–Crippen LogP) is 4.53. The Hall–Kier alpha value is -0.160. The molecule has 0 spiro atoms. The second kappa shape index (κ2) is 6.53. The van der Waals surface area contributed by atoms with E-state index >= 15 is 0 Å². The summed E-state index contributed by atoms with van der Waals surface area (Å²) in [7, 11) is 0. The lowest BCUT2D eigenvalue weighted by atomic mass is 10.1. The molecule has 0 atom stereocenters. The Bertz CT molecular complexity index is 234. The highest BCUT2D eigenvalue weighted by Gasteiger charge is 2.38. The molecule has 1 saturated carbocycles. The quantitative estimate of drug-likeness (QED) is 0.326. The molecular weight excluding hydrogens is 244 g/mol. The van der Waals surface area contributed by atoms with E-state index in [1.54, 1.807) is 0 Å². The maximum atomic E-state index is 5.66. The van der Waals surface area contributed by atoms with Crippen LogP contribution < -0.4 is 0 Å². The van der Waals surface area contributed by atoms with Crippen LogP contribution in [0.5, 0.6) is 0 Å². The first-order valence-electron chi connectivity index (χ1n) is 7.36. The van der Waals surface area contributed by atoms with E-state index in [9.17, 15) is 0 Å². The van der Waals surface area contributed by atoms with Gasteiger partial charge in [-0.05, 0) is 54.4 Å². The first-order chi connectivity index (χ1) is 8.62. The van der Waals surface area contributed by atoms with Gasteiger partial charge in [-0.3, -0.25) is 0 Å². The fraction of sp³-hybridized carbons (Fsp3) is 1.00. The largest absolute Gasteiger partial charge is 0.234 e. The van der Waals surface area contributed by atoms with Crippen molar-refractivity contribution in [1.82, 2.24) is 0 Å². The van der Waals surface area contributed by atoms with Gasteiger partial charge in [-0.25, -0.2) is 9.78 Å². The molecule has 0 aromatic rings. The Morgan fingerprint density at radius 2 is 1.00 bits per heavy atom.